The summed E-state index contributed by atoms with van der Waals surface area (Å²) in [5, 5.41) is 12.2. The molecule has 0 amide bonds. The number of ether oxygens (including phenoxy) is 1. The molecular formula is C10H12ClNO3. The second-order valence-corrected chi connectivity index (χ2v) is 3.25. The second kappa shape index (κ2) is 5.58. The third kappa shape index (κ3) is 3.42. The molecule has 0 aromatic heterocycles. The summed E-state index contributed by atoms with van der Waals surface area (Å²) < 4.78 is 5.06. The van der Waals surface area contributed by atoms with Crippen LogP contribution in [-0.2, 0) is 4.74 Å². The lowest BCUT2D eigenvalue weighted by molar-refractivity contribution is 0.0697. The smallest absolute Gasteiger partial charge is 0.337 e. The van der Waals surface area contributed by atoms with Gasteiger partial charge in [0.15, 0.2) is 0 Å². The zero-order valence-corrected chi connectivity index (χ0v) is 9.04. The molecule has 1 aromatic rings. The molecule has 0 saturated carbocycles. The van der Waals surface area contributed by atoms with E-state index in [1.54, 1.807) is 6.07 Å². The summed E-state index contributed by atoms with van der Waals surface area (Å²) >= 11 is 5.76. The first kappa shape index (κ1) is 11.8. The predicted octanol–water partition coefficient (Wildman–Crippen LogP) is 2.44. The molecule has 5 heteroatoms. The molecule has 15 heavy (non-hydrogen) atoms. The minimum absolute atomic E-state index is 0.180. The van der Waals surface area contributed by atoms with Gasteiger partial charge < -0.3 is 15.2 Å². The van der Waals surface area contributed by atoms with Crippen molar-refractivity contribution in [2.45, 2.75) is 6.92 Å². The molecule has 0 spiro atoms. The lowest BCUT2D eigenvalue weighted by Crippen LogP contribution is -2.10. The molecule has 4 nitrogen and oxygen atoms in total. The summed E-state index contributed by atoms with van der Waals surface area (Å²) in [5.74, 6) is -0.995. The maximum absolute atomic E-state index is 10.8. The molecule has 1 aromatic carbocycles. The third-order valence-corrected chi connectivity index (χ3v) is 2.02. The Balaban J connectivity index is 2.82. The van der Waals surface area contributed by atoms with Crippen LogP contribution in [0.3, 0.4) is 0 Å². The SMILES string of the molecule is CCOCNc1cc(Cl)ccc1C(=O)O. The fraction of sp³-hybridized carbons (Fsp3) is 0.300. The van der Waals surface area contributed by atoms with Crippen LogP contribution in [0.15, 0.2) is 18.2 Å². The average Bonchev–Trinajstić information content (AvgIpc) is 2.18. The van der Waals surface area contributed by atoms with Gasteiger partial charge in [0.1, 0.15) is 6.73 Å². The molecule has 1 rings (SSSR count). The average molecular weight is 230 g/mol. The zero-order chi connectivity index (χ0) is 11.3. The first-order chi connectivity index (χ1) is 7.15. The Hall–Kier alpha value is -1.26. The van der Waals surface area contributed by atoms with Crippen LogP contribution in [0.25, 0.3) is 0 Å². The highest BCUT2D eigenvalue weighted by Gasteiger charge is 2.09. The van der Waals surface area contributed by atoms with Crippen molar-refractivity contribution in [3.63, 3.8) is 0 Å². The van der Waals surface area contributed by atoms with E-state index in [1.807, 2.05) is 6.92 Å². The van der Waals surface area contributed by atoms with Crippen LogP contribution in [0.1, 0.15) is 17.3 Å². The van der Waals surface area contributed by atoms with E-state index in [0.717, 1.165) is 0 Å². The Morgan fingerprint density at radius 2 is 2.33 bits per heavy atom. The molecule has 0 bridgehead atoms. The Morgan fingerprint density at radius 1 is 1.60 bits per heavy atom. The first-order valence-electron chi connectivity index (χ1n) is 4.49. The molecular weight excluding hydrogens is 218 g/mol. The quantitative estimate of drug-likeness (QED) is 0.602. The van der Waals surface area contributed by atoms with Gasteiger partial charge in [-0.2, -0.15) is 0 Å². The molecule has 0 aliphatic carbocycles. The van der Waals surface area contributed by atoms with Gasteiger partial charge in [0.05, 0.1) is 11.3 Å². The van der Waals surface area contributed by atoms with Gasteiger partial charge in [-0.1, -0.05) is 11.6 Å². The molecule has 0 saturated heterocycles. The van der Waals surface area contributed by atoms with Crippen LogP contribution >= 0.6 is 11.6 Å². The summed E-state index contributed by atoms with van der Waals surface area (Å²) in [5.41, 5.74) is 0.641. The zero-order valence-electron chi connectivity index (χ0n) is 8.29. The van der Waals surface area contributed by atoms with Crippen LogP contribution < -0.4 is 5.32 Å². The molecule has 0 aliphatic heterocycles. The van der Waals surface area contributed by atoms with Gasteiger partial charge in [-0.25, -0.2) is 4.79 Å². The molecule has 0 radical (unpaired) electrons. The molecule has 0 heterocycles. The minimum Gasteiger partial charge on any atom is -0.478 e. The first-order valence-corrected chi connectivity index (χ1v) is 4.87. The standard InChI is InChI=1S/C10H12ClNO3/c1-2-15-6-12-9-5-7(11)3-4-8(9)10(13)14/h3-5,12H,2,6H2,1H3,(H,13,14). The van der Waals surface area contributed by atoms with Gasteiger partial charge >= 0.3 is 5.97 Å². The van der Waals surface area contributed by atoms with Crippen molar-refractivity contribution in [3.8, 4) is 0 Å². The van der Waals surface area contributed by atoms with Crippen molar-refractivity contribution >= 4 is 23.3 Å². The van der Waals surface area contributed by atoms with Crippen molar-refractivity contribution in [1.29, 1.82) is 0 Å². The predicted molar refractivity (Wildman–Crippen MR) is 58.5 cm³/mol. The number of anilines is 1. The maximum Gasteiger partial charge on any atom is 0.337 e. The van der Waals surface area contributed by atoms with Gasteiger partial charge in [0, 0.05) is 11.6 Å². The fourth-order valence-corrected chi connectivity index (χ4v) is 1.25. The molecule has 82 valence electrons. The summed E-state index contributed by atoms with van der Waals surface area (Å²) in [6.45, 7) is 2.69. The van der Waals surface area contributed by atoms with Gasteiger partial charge in [-0.3, -0.25) is 0 Å². The highest BCUT2D eigenvalue weighted by Crippen LogP contribution is 2.20. The van der Waals surface area contributed by atoms with E-state index in [9.17, 15) is 4.79 Å². The number of aromatic carboxylic acids is 1. The molecule has 0 fully saturated rings. The third-order valence-electron chi connectivity index (χ3n) is 1.78. The number of hydrogen-bond acceptors (Lipinski definition) is 3. The van der Waals surface area contributed by atoms with Crippen molar-refractivity contribution in [1.82, 2.24) is 0 Å². The van der Waals surface area contributed by atoms with E-state index >= 15 is 0 Å². The summed E-state index contributed by atoms with van der Waals surface area (Å²) in [6, 6.07) is 4.56. The number of carboxylic acid groups (broad SMARTS) is 1. The van der Waals surface area contributed by atoms with Crippen LogP contribution in [0.2, 0.25) is 5.02 Å². The van der Waals surface area contributed by atoms with E-state index in [4.69, 9.17) is 21.4 Å². The molecule has 0 unspecified atom stereocenters. The van der Waals surface area contributed by atoms with E-state index in [-0.39, 0.29) is 12.3 Å². The van der Waals surface area contributed by atoms with E-state index in [1.165, 1.54) is 12.1 Å². The van der Waals surface area contributed by atoms with Gasteiger partial charge in [0.2, 0.25) is 0 Å². The summed E-state index contributed by atoms with van der Waals surface area (Å²) in [6.07, 6.45) is 0. The number of rotatable bonds is 5. The Labute approximate surface area is 92.8 Å². The minimum atomic E-state index is -0.995. The van der Waals surface area contributed by atoms with Crippen molar-refractivity contribution in [2.24, 2.45) is 0 Å². The normalized spacial score (nSPS) is 10.0. The van der Waals surface area contributed by atoms with Crippen molar-refractivity contribution in [3.05, 3.63) is 28.8 Å². The van der Waals surface area contributed by atoms with Crippen LogP contribution in [0.5, 0.6) is 0 Å². The molecule has 0 aliphatic rings. The van der Waals surface area contributed by atoms with Crippen LogP contribution in [0.4, 0.5) is 5.69 Å². The highest BCUT2D eigenvalue weighted by atomic mass is 35.5. The number of halogens is 1. The van der Waals surface area contributed by atoms with Gasteiger partial charge in [-0.05, 0) is 25.1 Å². The molecule has 0 atom stereocenters. The second-order valence-electron chi connectivity index (χ2n) is 2.81. The Kier molecular flexibility index (Phi) is 4.39. The van der Waals surface area contributed by atoms with E-state index in [2.05, 4.69) is 5.32 Å². The number of carbonyl (C=O) groups is 1. The van der Waals surface area contributed by atoms with E-state index in [0.29, 0.717) is 17.3 Å². The maximum atomic E-state index is 10.8. The lowest BCUT2D eigenvalue weighted by atomic mass is 10.2. The highest BCUT2D eigenvalue weighted by molar-refractivity contribution is 6.31. The monoisotopic (exact) mass is 229 g/mol. The molecule has 2 N–H and O–H groups in total. The van der Waals surface area contributed by atoms with Gasteiger partial charge in [0.25, 0.3) is 0 Å². The Morgan fingerprint density at radius 3 is 2.93 bits per heavy atom. The number of carboxylic acids is 1. The van der Waals surface area contributed by atoms with Crippen LogP contribution in [-0.4, -0.2) is 24.4 Å². The van der Waals surface area contributed by atoms with Gasteiger partial charge in [-0.15, -0.1) is 0 Å². The number of hydrogen-bond donors (Lipinski definition) is 2. The lowest BCUT2D eigenvalue weighted by Gasteiger charge is -2.09. The topological polar surface area (TPSA) is 58.6 Å². The van der Waals surface area contributed by atoms with Crippen molar-refractivity contribution in [2.75, 3.05) is 18.7 Å². The van der Waals surface area contributed by atoms with Crippen LogP contribution in [0, 0.1) is 0 Å². The number of benzene rings is 1. The van der Waals surface area contributed by atoms with Crippen molar-refractivity contribution < 1.29 is 14.6 Å². The summed E-state index contributed by atoms with van der Waals surface area (Å²) in [4.78, 5) is 10.8. The Bertz CT molecular complexity index is 355. The van der Waals surface area contributed by atoms with E-state index < -0.39 is 5.97 Å². The number of nitrogens with one attached hydrogen (secondary N) is 1. The fourth-order valence-electron chi connectivity index (χ4n) is 1.08. The summed E-state index contributed by atoms with van der Waals surface area (Å²) in [7, 11) is 0. The largest absolute Gasteiger partial charge is 0.478 e.